The van der Waals surface area contributed by atoms with E-state index in [4.69, 9.17) is 22.9 Å². The van der Waals surface area contributed by atoms with E-state index < -0.39 is 0 Å². The van der Waals surface area contributed by atoms with Gasteiger partial charge in [0, 0.05) is 17.8 Å². The summed E-state index contributed by atoms with van der Waals surface area (Å²) in [7, 11) is 0. The largest absolute Gasteiger partial charge is 0.370 e. The van der Waals surface area contributed by atoms with Gasteiger partial charge in [0.1, 0.15) is 0 Å². The first-order chi connectivity index (χ1) is 9.54. The van der Waals surface area contributed by atoms with E-state index in [1.807, 2.05) is 18.2 Å². The highest BCUT2D eigenvalue weighted by atomic mass is 15.0. The Morgan fingerprint density at radius 2 is 1.75 bits per heavy atom. The van der Waals surface area contributed by atoms with Crippen molar-refractivity contribution in [2.75, 3.05) is 6.54 Å². The van der Waals surface area contributed by atoms with E-state index in [0.29, 0.717) is 13.1 Å². The number of nitrogens with one attached hydrogen (secondary N) is 1. The number of hydrogen-bond acceptors (Lipinski definition) is 2. The number of aliphatic imine (C=N–C) groups is 2. The quantitative estimate of drug-likeness (QED) is 0.378. The third kappa shape index (κ3) is 3.64. The minimum Gasteiger partial charge on any atom is -0.370 e. The van der Waals surface area contributed by atoms with E-state index in [-0.39, 0.29) is 11.9 Å². The van der Waals surface area contributed by atoms with Crippen LogP contribution in [0.4, 0.5) is 0 Å². The smallest absolute Gasteiger partial charge is 0.186 e. The highest BCUT2D eigenvalue weighted by Gasteiger charge is 2.02. The van der Waals surface area contributed by atoms with E-state index >= 15 is 0 Å². The average molecular weight is 273 g/mol. The Balaban J connectivity index is 2.13. The van der Waals surface area contributed by atoms with E-state index in [9.17, 15) is 0 Å². The number of nitrogens with two attached hydrogens (primary N) is 4. The fourth-order valence-electron chi connectivity index (χ4n) is 1.97. The van der Waals surface area contributed by atoms with Gasteiger partial charge in [0.15, 0.2) is 11.9 Å². The molecule has 20 heavy (non-hydrogen) atoms. The van der Waals surface area contributed by atoms with Crippen molar-refractivity contribution in [1.82, 2.24) is 4.98 Å². The summed E-state index contributed by atoms with van der Waals surface area (Å²) in [4.78, 5) is 11.2. The van der Waals surface area contributed by atoms with Gasteiger partial charge in [-0.15, -0.1) is 0 Å². The number of hydrogen-bond donors (Lipinski definition) is 5. The Bertz CT molecular complexity index is 646. The Morgan fingerprint density at radius 3 is 2.45 bits per heavy atom. The molecule has 1 aromatic carbocycles. The second kappa shape index (κ2) is 5.96. The molecule has 0 aliphatic heterocycles. The molecule has 9 N–H and O–H groups in total. The maximum Gasteiger partial charge on any atom is 0.186 e. The lowest BCUT2D eigenvalue weighted by molar-refractivity contribution is 0.964. The molecule has 1 aromatic heterocycles. The lowest BCUT2D eigenvalue weighted by Crippen LogP contribution is -2.23. The third-order valence-electron chi connectivity index (χ3n) is 2.87. The van der Waals surface area contributed by atoms with Crippen LogP contribution >= 0.6 is 0 Å². The summed E-state index contributed by atoms with van der Waals surface area (Å²) in [5.41, 5.74) is 24.4. The minimum absolute atomic E-state index is 0.0848. The number of fused-ring (bicyclic) bond motifs is 1. The van der Waals surface area contributed by atoms with Crippen molar-refractivity contribution < 1.29 is 0 Å². The fourth-order valence-corrected chi connectivity index (χ4v) is 1.97. The first-order valence-corrected chi connectivity index (χ1v) is 6.26. The predicted octanol–water partition coefficient (Wildman–Crippen LogP) is -0.243. The Labute approximate surface area is 116 Å². The highest BCUT2D eigenvalue weighted by molar-refractivity contribution is 5.81. The van der Waals surface area contributed by atoms with E-state index in [0.717, 1.165) is 23.0 Å². The molecular formula is C13H19N7. The van der Waals surface area contributed by atoms with Gasteiger partial charge in [-0.1, -0.05) is 6.07 Å². The lowest BCUT2D eigenvalue weighted by Gasteiger charge is -1.99. The van der Waals surface area contributed by atoms with Crippen LogP contribution in [-0.2, 0) is 13.0 Å². The van der Waals surface area contributed by atoms with Gasteiger partial charge in [-0.2, -0.15) is 0 Å². The van der Waals surface area contributed by atoms with Gasteiger partial charge in [-0.05, 0) is 35.6 Å². The second-order valence-corrected chi connectivity index (χ2v) is 4.51. The molecule has 0 unspecified atom stereocenters. The molecule has 7 heteroatoms. The number of H-pyrrole nitrogens is 1. The van der Waals surface area contributed by atoms with E-state index in [1.54, 1.807) is 0 Å². The number of guanidine groups is 2. The first-order valence-electron chi connectivity index (χ1n) is 6.26. The van der Waals surface area contributed by atoms with Crippen LogP contribution in [0.3, 0.4) is 0 Å². The summed E-state index contributed by atoms with van der Waals surface area (Å²) in [5.74, 6) is 0.203. The molecule has 0 spiro atoms. The molecule has 0 saturated heterocycles. The number of aromatic nitrogens is 1. The van der Waals surface area contributed by atoms with Crippen molar-refractivity contribution >= 4 is 22.8 Å². The molecule has 0 aliphatic carbocycles. The predicted molar refractivity (Wildman–Crippen MR) is 82.2 cm³/mol. The Hall–Kier alpha value is -2.70. The molecule has 2 rings (SSSR count). The molecule has 0 fully saturated rings. The van der Waals surface area contributed by atoms with Crippen molar-refractivity contribution in [1.29, 1.82) is 0 Å². The van der Waals surface area contributed by atoms with Crippen molar-refractivity contribution in [3.63, 3.8) is 0 Å². The van der Waals surface area contributed by atoms with Gasteiger partial charge in [0.2, 0.25) is 0 Å². The van der Waals surface area contributed by atoms with Gasteiger partial charge in [0.25, 0.3) is 0 Å². The topological polar surface area (TPSA) is 145 Å². The van der Waals surface area contributed by atoms with Gasteiger partial charge < -0.3 is 27.9 Å². The van der Waals surface area contributed by atoms with Crippen LogP contribution in [0.1, 0.15) is 11.3 Å². The number of aromatic amines is 1. The van der Waals surface area contributed by atoms with Gasteiger partial charge in [-0.3, -0.25) is 4.99 Å². The van der Waals surface area contributed by atoms with E-state index in [2.05, 4.69) is 21.0 Å². The lowest BCUT2D eigenvalue weighted by atomic mass is 10.1. The first kappa shape index (κ1) is 13.7. The van der Waals surface area contributed by atoms with Crippen molar-refractivity contribution in [3.05, 3.63) is 35.5 Å². The monoisotopic (exact) mass is 273 g/mol. The zero-order valence-electron chi connectivity index (χ0n) is 11.1. The maximum atomic E-state index is 5.32. The summed E-state index contributed by atoms with van der Waals surface area (Å²) < 4.78 is 0. The Morgan fingerprint density at radius 1 is 1.00 bits per heavy atom. The Kier molecular flexibility index (Phi) is 4.09. The molecule has 0 aliphatic rings. The van der Waals surface area contributed by atoms with Crippen LogP contribution in [0.25, 0.3) is 10.9 Å². The molecule has 1 heterocycles. The summed E-state index contributed by atoms with van der Waals surface area (Å²) in [6.07, 6.45) is 0.794. The number of benzene rings is 1. The highest BCUT2D eigenvalue weighted by Crippen LogP contribution is 2.18. The normalized spacial score (nSPS) is 10.4. The van der Waals surface area contributed by atoms with Crippen LogP contribution in [0, 0.1) is 0 Å². The van der Waals surface area contributed by atoms with Crippen LogP contribution < -0.4 is 22.9 Å². The molecule has 106 valence electrons. The molecule has 0 radical (unpaired) electrons. The minimum atomic E-state index is 0.0848. The molecule has 0 bridgehead atoms. The summed E-state index contributed by atoms with van der Waals surface area (Å²) in [6, 6.07) is 8.21. The maximum absolute atomic E-state index is 5.32. The summed E-state index contributed by atoms with van der Waals surface area (Å²) in [6.45, 7) is 1.03. The molecular weight excluding hydrogens is 254 g/mol. The molecule has 0 atom stereocenters. The zero-order chi connectivity index (χ0) is 14.5. The number of rotatable bonds is 5. The van der Waals surface area contributed by atoms with Crippen molar-refractivity contribution in [3.8, 4) is 0 Å². The standard InChI is InChI=1S/C13H19N7/c14-12(15)18-4-3-8-1-2-11-9(5-8)6-10(20-11)7-19-13(16)17/h1-2,5-6,20H,3-4,7H2,(H4,14,15,18)(H4,16,17,19). The van der Waals surface area contributed by atoms with Gasteiger partial charge in [0.05, 0.1) is 6.54 Å². The molecule has 0 saturated carbocycles. The van der Waals surface area contributed by atoms with E-state index in [1.165, 1.54) is 5.56 Å². The summed E-state index contributed by atoms with van der Waals surface area (Å²) >= 11 is 0. The molecule has 2 aromatic rings. The third-order valence-corrected chi connectivity index (χ3v) is 2.87. The van der Waals surface area contributed by atoms with Crippen LogP contribution in [0.15, 0.2) is 34.3 Å². The van der Waals surface area contributed by atoms with Crippen LogP contribution in [0.5, 0.6) is 0 Å². The SMILES string of the molecule is NC(N)=NCCc1ccc2[nH]c(CN=C(N)N)cc2c1. The van der Waals surface area contributed by atoms with Crippen molar-refractivity contribution in [2.24, 2.45) is 32.9 Å². The van der Waals surface area contributed by atoms with Crippen LogP contribution in [0.2, 0.25) is 0 Å². The van der Waals surface area contributed by atoms with Gasteiger partial charge in [-0.25, -0.2) is 4.99 Å². The van der Waals surface area contributed by atoms with Gasteiger partial charge >= 0.3 is 0 Å². The molecule has 7 nitrogen and oxygen atoms in total. The number of nitrogens with zero attached hydrogens (tertiary/aromatic N) is 2. The van der Waals surface area contributed by atoms with Crippen LogP contribution in [-0.4, -0.2) is 23.4 Å². The second-order valence-electron chi connectivity index (χ2n) is 4.51. The summed E-state index contributed by atoms with van der Waals surface area (Å²) in [5, 5.41) is 1.12. The molecule has 0 amide bonds. The average Bonchev–Trinajstić information content (AvgIpc) is 2.78. The fraction of sp³-hybridized carbons (Fsp3) is 0.231. The zero-order valence-corrected chi connectivity index (χ0v) is 11.1. The van der Waals surface area contributed by atoms with Crippen molar-refractivity contribution in [2.45, 2.75) is 13.0 Å².